The van der Waals surface area contributed by atoms with Crippen molar-refractivity contribution < 1.29 is 9.53 Å². The van der Waals surface area contributed by atoms with Crippen molar-refractivity contribution in [2.24, 2.45) is 7.05 Å². The maximum Gasteiger partial charge on any atom is 0.253 e. The van der Waals surface area contributed by atoms with Crippen LogP contribution in [0.15, 0.2) is 42.6 Å². The molecule has 152 valence electrons. The number of carbonyl (C=O) groups is 1. The number of halogens is 4. The minimum atomic E-state index is -0.147. The molecule has 0 saturated heterocycles. The average molecular weight is 473 g/mol. The van der Waals surface area contributed by atoms with E-state index in [0.717, 1.165) is 11.3 Å². The van der Waals surface area contributed by atoms with Gasteiger partial charge in [-0.2, -0.15) is 5.10 Å². The van der Waals surface area contributed by atoms with Gasteiger partial charge in [-0.15, -0.1) is 0 Å². The van der Waals surface area contributed by atoms with E-state index < -0.39 is 0 Å². The summed E-state index contributed by atoms with van der Waals surface area (Å²) in [4.78, 5) is 14.4. The number of nitrogens with zero attached hydrogens (tertiary/aromatic N) is 3. The number of hydrogen-bond acceptors (Lipinski definition) is 3. The molecule has 29 heavy (non-hydrogen) atoms. The van der Waals surface area contributed by atoms with Crippen molar-refractivity contribution in [2.45, 2.75) is 13.2 Å². The number of hydrogen-bond donors (Lipinski definition) is 0. The fourth-order valence-electron chi connectivity index (χ4n) is 2.75. The fourth-order valence-corrected chi connectivity index (χ4v) is 3.90. The molecule has 0 aliphatic carbocycles. The topological polar surface area (TPSA) is 47.4 Å². The lowest BCUT2D eigenvalue weighted by molar-refractivity contribution is 0.0782. The van der Waals surface area contributed by atoms with Crippen LogP contribution in [0.4, 0.5) is 0 Å². The molecule has 0 unspecified atom stereocenters. The summed E-state index contributed by atoms with van der Waals surface area (Å²) in [6.07, 6.45) is 1.56. The predicted octanol–water partition coefficient (Wildman–Crippen LogP) is 5.88. The summed E-state index contributed by atoms with van der Waals surface area (Å²) < 4.78 is 7.39. The molecule has 0 saturated carbocycles. The monoisotopic (exact) mass is 471 g/mol. The van der Waals surface area contributed by atoms with Crippen molar-refractivity contribution in [2.75, 3.05) is 7.05 Å². The number of ether oxygens (including phenoxy) is 1. The van der Waals surface area contributed by atoms with Crippen molar-refractivity contribution in [3.05, 3.63) is 79.5 Å². The van der Waals surface area contributed by atoms with Crippen molar-refractivity contribution in [1.29, 1.82) is 0 Å². The quantitative estimate of drug-likeness (QED) is 0.449. The molecule has 0 radical (unpaired) electrons. The highest BCUT2D eigenvalue weighted by atomic mass is 35.5. The highest BCUT2D eigenvalue weighted by Crippen LogP contribution is 2.36. The van der Waals surface area contributed by atoms with E-state index in [1.165, 1.54) is 0 Å². The zero-order chi connectivity index (χ0) is 21.1. The van der Waals surface area contributed by atoms with Gasteiger partial charge in [0.2, 0.25) is 0 Å². The van der Waals surface area contributed by atoms with Gasteiger partial charge in [0.1, 0.15) is 6.61 Å². The molecule has 0 bridgehead atoms. The number of benzene rings is 2. The zero-order valence-corrected chi connectivity index (χ0v) is 18.6. The SMILES string of the molecule is CN(Cc1c(Cl)cnn1C)C(=O)c1cccc(COc2c(Cl)cc(Cl)cc2Cl)c1. The lowest BCUT2D eigenvalue weighted by Crippen LogP contribution is -2.27. The molecule has 0 aliphatic heterocycles. The number of carbonyl (C=O) groups excluding carboxylic acids is 1. The molecule has 9 heteroatoms. The third kappa shape index (κ3) is 5.17. The van der Waals surface area contributed by atoms with Crippen LogP contribution in [-0.4, -0.2) is 27.6 Å². The summed E-state index contributed by atoms with van der Waals surface area (Å²) in [6, 6.07) is 10.3. The van der Waals surface area contributed by atoms with Gasteiger partial charge in [-0.3, -0.25) is 9.48 Å². The van der Waals surface area contributed by atoms with Gasteiger partial charge in [0.25, 0.3) is 5.91 Å². The Bertz CT molecular complexity index is 1010. The van der Waals surface area contributed by atoms with Gasteiger partial charge < -0.3 is 9.64 Å². The van der Waals surface area contributed by atoms with Gasteiger partial charge in [-0.1, -0.05) is 58.5 Å². The van der Waals surface area contributed by atoms with Gasteiger partial charge in [0, 0.05) is 24.7 Å². The minimum absolute atomic E-state index is 0.147. The first kappa shape index (κ1) is 21.8. The minimum Gasteiger partial charge on any atom is -0.486 e. The van der Waals surface area contributed by atoms with Crippen LogP contribution in [0.2, 0.25) is 20.1 Å². The molecule has 2 aromatic carbocycles. The van der Waals surface area contributed by atoms with Crippen LogP contribution in [0.5, 0.6) is 5.75 Å². The van der Waals surface area contributed by atoms with Crippen molar-refractivity contribution in [1.82, 2.24) is 14.7 Å². The molecule has 0 spiro atoms. The molecule has 0 N–H and O–H groups in total. The van der Waals surface area contributed by atoms with Crippen LogP contribution in [0.1, 0.15) is 21.6 Å². The Morgan fingerprint density at radius 1 is 1.10 bits per heavy atom. The second kappa shape index (κ2) is 9.26. The first-order chi connectivity index (χ1) is 13.8. The largest absolute Gasteiger partial charge is 0.486 e. The molecule has 1 amide bonds. The fraction of sp³-hybridized carbons (Fsp3) is 0.200. The predicted molar refractivity (Wildman–Crippen MR) is 116 cm³/mol. The molecule has 5 nitrogen and oxygen atoms in total. The van der Waals surface area contributed by atoms with E-state index in [2.05, 4.69) is 5.10 Å². The summed E-state index contributed by atoms with van der Waals surface area (Å²) in [6.45, 7) is 0.532. The molecule has 0 fully saturated rings. The molecule has 3 rings (SSSR count). The third-order valence-electron chi connectivity index (χ3n) is 4.26. The van der Waals surface area contributed by atoms with Gasteiger partial charge in [0.15, 0.2) is 5.75 Å². The van der Waals surface area contributed by atoms with Crippen LogP contribution in [0.25, 0.3) is 0 Å². The Kier molecular flexibility index (Phi) is 6.96. The van der Waals surface area contributed by atoms with E-state index in [4.69, 9.17) is 51.1 Å². The van der Waals surface area contributed by atoms with Crippen LogP contribution in [0, 0.1) is 0 Å². The van der Waals surface area contributed by atoms with E-state index in [0.29, 0.717) is 37.9 Å². The van der Waals surface area contributed by atoms with Gasteiger partial charge in [0.05, 0.1) is 33.5 Å². The Morgan fingerprint density at radius 3 is 2.41 bits per heavy atom. The summed E-state index contributed by atoms with van der Waals surface area (Å²) in [5.74, 6) is 0.198. The molecular formula is C20H17Cl4N3O2. The Morgan fingerprint density at radius 2 is 1.79 bits per heavy atom. The normalized spacial score (nSPS) is 10.8. The first-order valence-electron chi connectivity index (χ1n) is 8.54. The molecular weight excluding hydrogens is 456 g/mol. The zero-order valence-electron chi connectivity index (χ0n) is 15.6. The highest BCUT2D eigenvalue weighted by molar-refractivity contribution is 6.40. The first-order valence-corrected chi connectivity index (χ1v) is 10.1. The van der Waals surface area contributed by atoms with E-state index in [9.17, 15) is 4.79 Å². The number of aryl methyl sites for hydroxylation is 1. The average Bonchev–Trinajstić information content (AvgIpc) is 2.98. The van der Waals surface area contributed by atoms with E-state index >= 15 is 0 Å². The van der Waals surface area contributed by atoms with Gasteiger partial charge in [-0.05, 0) is 29.8 Å². The van der Waals surface area contributed by atoms with Crippen LogP contribution >= 0.6 is 46.4 Å². The van der Waals surface area contributed by atoms with E-state index in [1.54, 1.807) is 60.2 Å². The lowest BCUT2D eigenvalue weighted by Gasteiger charge is -2.18. The van der Waals surface area contributed by atoms with Gasteiger partial charge in [-0.25, -0.2) is 0 Å². The van der Waals surface area contributed by atoms with Crippen LogP contribution in [-0.2, 0) is 20.2 Å². The maximum absolute atomic E-state index is 12.8. The lowest BCUT2D eigenvalue weighted by atomic mass is 10.1. The summed E-state index contributed by atoms with van der Waals surface area (Å²) >= 11 is 24.3. The summed E-state index contributed by atoms with van der Waals surface area (Å²) in [5, 5.41) is 5.68. The smallest absolute Gasteiger partial charge is 0.253 e. The summed E-state index contributed by atoms with van der Waals surface area (Å²) in [5.41, 5.74) is 2.08. The van der Waals surface area contributed by atoms with Crippen molar-refractivity contribution in [3.8, 4) is 5.75 Å². The molecule has 0 aliphatic rings. The second-order valence-electron chi connectivity index (χ2n) is 6.41. The molecule has 1 aromatic heterocycles. The number of aromatic nitrogens is 2. The standard InChI is InChI=1S/C20H17Cl4N3O2/c1-26(10-18-17(24)9-25-27(18)2)20(28)13-5-3-4-12(6-13)11-29-19-15(22)7-14(21)8-16(19)23/h3-9H,10-11H2,1-2H3. The van der Waals surface area contributed by atoms with Crippen LogP contribution < -0.4 is 4.74 Å². The van der Waals surface area contributed by atoms with E-state index in [1.807, 2.05) is 6.07 Å². The van der Waals surface area contributed by atoms with E-state index in [-0.39, 0.29) is 12.5 Å². The molecule has 3 aromatic rings. The third-order valence-corrected chi connectivity index (χ3v) is 5.36. The summed E-state index contributed by atoms with van der Waals surface area (Å²) in [7, 11) is 3.49. The van der Waals surface area contributed by atoms with Crippen molar-refractivity contribution in [3.63, 3.8) is 0 Å². The van der Waals surface area contributed by atoms with Crippen LogP contribution in [0.3, 0.4) is 0 Å². The number of rotatable bonds is 6. The Labute approximate surface area is 188 Å². The van der Waals surface area contributed by atoms with Crippen molar-refractivity contribution >= 4 is 52.3 Å². The Hall–Kier alpha value is -1.92. The Balaban J connectivity index is 1.71. The number of amides is 1. The molecule has 1 heterocycles. The second-order valence-corrected chi connectivity index (χ2v) is 8.07. The maximum atomic E-state index is 12.8. The van der Waals surface area contributed by atoms with Gasteiger partial charge >= 0.3 is 0 Å². The molecule has 0 atom stereocenters. The highest BCUT2D eigenvalue weighted by Gasteiger charge is 2.16.